The number of carboxylic acid groups (broad SMARTS) is 1. The molecule has 1 aliphatic carbocycles. The van der Waals surface area contributed by atoms with Gasteiger partial charge >= 0.3 is 17.9 Å². The van der Waals surface area contributed by atoms with Crippen LogP contribution < -0.4 is 0 Å². The Morgan fingerprint density at radius 2 is 1.57 bits per heavy atom. The zero-order chi connectivity index (χ0) is 15.4. The summed E-state index contributed by atoms with van der Waals surface area (Å²) in [5.74, 6) is -4.24. The van der Waals surface area contributed by atoms with Crippen LogP contribution in [0.15, 0.2) is 24.3 Å². The normalized spacial score (nSPS) is 21.5. The summed E-state index contributed by atoms with van der Waals surface area (Å²) in [7, 11) is 0. The van der Waals surface area contributed by atoms with Crippen LogP contribution in [0.1, 0.15) is 36.0 Å². The van der Waals surface area contributed by atoms with E-state index >= 15 is 0 Å². The number of aliphatic carboxylic acids is 1. The first-order valence-electron chi connectivity index (χ1n) is 6.77. The Kier molecular flexibility index (Phi) is 4.57. The van der Waals surface area contributed by atoms with E-state index in [0.29, 0.717) is 12.8 Å². The maximum absolute atomic E-state index is 12.0. The van der Waals surface area contributed by atoms with E-state index in [1.165, 1.54) is 24.3 Å². The van der Waals surface area contributed by atoms with Crippen LogP contribution in [0.4, 0.5) is 0 Å². The molecule has 6 heteroatoms. The average Bonchev–Trinajstić information content (AvgIpc) is 2.47. The summed E-state index contributed by atoms with van der Waals surface area (Å²) in [6.45, 7) is 0. The van der Waals surface area contributed by atoms with Gasteiger partial charge in [-0.05, 0) is 37.1 Å². The fourth-order valence-corrected chi connectivity index (χ4v) is 2.53. The topological polar surface area (TPSA) is 101 Å². The van der Waals surface area contributed by atoms with Crippen LogP contribution in [0, 0.1) is 11.8 Å². The zero-order valence-corrected chi connectivity index (χ0v) is 11.3. The number of hydrogen-bond donors (Lipinski definition) is 2. The number of phenols is 1. The third-order valence-corrected chi connectivity index (χ3v) is 3.68. The maximum Gasteiger partial charge on any atom is 0.345 e. The largest absolute Gasteiger partial charge is 0.508 e. The summed E-state index contributed by atoms with van der Waals surface area (Å²) in [5, 5.41) is 18.3. The smallest absolute Gasteiger partial charge is 0.345 e. The van der Waals surface area contributed by atoms with E-state index < -0.39 is 29.7 Å². The van der Waals surface area contributed by atoms with E-state index in [9.17, 15) is 14.4 Å². The monoisotopic (exact) mass is 292 g/mol. The molecule has 6 nitrogen and oxygen atoms in total. The van der Waals surface area contributed by atoms with Gasteiger partial charge in [-0.25, -0.2) is 4.79 Å². The Morgan fingerprint density at radius 3 is 2.14 bits per heavy atom. The van der Waals surface area contributed by atoms with E-state index in [4.69, 9.17) is 14.9 Å². The van der Waals surface area contributed by atoms with Gasteiger partial charge in [-0.3, -0.25) is 9.59 Å². The fraction of sp³-hybridized carbons (Fsp3) is 0.400. The van der Waals surface area contributed by atoms with Crippen molar-refractivity contribution in [3.63, 3.8) is 0 Å². The highest BCUT2D eigenvalue weighted by atomic mass is 16.6. The fourth-order valence-electron chi connectivity index (χ4n) is 2.53. The van der Waals surface area contributed by atoms with Crippen LogP contribution in [0.2, 0.25) is 0 Å². The van der Waals surface area contributed by atoms with Gasteiger partial charge in [0, 0.05) is 0 Å². The van der Waals surface area contributed by atoms with Crippen molar-refractivity contribution in [3.05, 3.63) is 29.8 Å². The summed E-state index contributed by atoms with van der Waals surface area (Å²) < 4.78 is 4.77. The second kappa shape index (κ2) is 6.39. The molecule has 0 heterocycles. The summed E-state index contributed by atoms with van der Waals surface area (Å²) in [4.78, 5) is 35.0. The van der Waals surface area contributed by atoms with Crippen molar-refractivity contribution >= 4 is 17.9 Å². The summed E-state index contributed by atoms with van der Waals surface area (Å²) in [6.07, 6.45) is 2.34. The van der Waals surface area contributed by atoms with Crippen molar-refractivity contribution in [3.8, 4) is 5.75 Å². The van der Waals surface area contributed by atoms with E-state index in [1.807, 2.05) is 0 Å². The van der Waals surface area contributed by atoms with Crippen molar-refractivity contribution in [2.24, 2.45) is 11.8 Å². The van der Waals surface area contributed by atoms with Crippen LogP contribution in [0.25, 0.3) is 0 Å². The molecule has 1 aliphatic rings. The minimum atomic E-state index is -1.03. The Morgan fingerprint density at radius 1 is 1.00 bits per heavy atom. The first-order chi connectivity index (χ1) is 9.99. The van der Waals surface area contributed by atoms with Gasteiger partial charge in [0.2, 0.25) is 0 Å². The van der Waals surface area contributed by atoms with Crippen molar-refractivity contribution in [1.82, 2.24) is 0 Å². The number of carboxylic acids is 1. The lowest BCUT2D eigenvalue weighted by Gasteiger charge is -2.26. The van der Waals surface area contributed by atoms with Crippen molar-refractivity contribution in [1.29, 1.82) is 0 Å². The van der Waals surface area contributed by atoms with Crippen molar-refractivity contribution in [2.45, 2.75) is 25.7 Å². The van der Waals surface area contributed by atoms with Gasteiger partial charge in [-0.15, -0.1) is 0 Å². The molecule has 0 amide bonds. The molecule has 0 bridgehead atoms. The van der Waals surface area contributed by atoms with Crippen LogP contribution in [-0.2, 0) is 14.3 Å². The van der Waals surface area contributed by atoms with E-state index in [0.717, 1.165) is 12.8 Å². The van der Waals surface area contributed by atoms with Gasteiger partial charge in [0.05, 0.1) is 17.4 Å². The Labute approximate surface area is 121 Å². The zero-order valence-electron chi connectivity index (χ0n) is 11.3. The highest BCUT2D eigenvalue weighted by Gasteiger charge is 2.37. The Balaban J connectivity index is 2.04. The lowest BCUT2D eigenvalue weighted by molar-refractivity contribution is -0.156. The van der Waals surface area contributed by atoms with Crippen LogP contribution in [0.5, 0.6) is 5.75 Å². The molecule has 0 radical (unpaired) electrons. The summed E-state index contributed by atoms with van der Waals surface area (Å²) in [5.41, 5.74) is 0.129. The highest BCUT2D eigenvalue weighted by Crippen LogP contribution is 2.31. The Bertz CT molecular complexity index is 548. The number of ether oxygens (including phenoxy) is 1. The molecule has 21 heavy (non-hydrogen) atoms. The minimum absolute atomic E-state index is 0.00361. The molecule has 2 rings (SSSR count). The number of carbonyl (C=O) groups is 3. The first kappa shape index (κ1) is 15.0. The minimum Gasteiger partial charge on any atom is -0.508 e. The molecule has 1 saturated carbocycles. The first-order valence-corrected chi connectivity index (χ1v) is 6.77. The van der Waals surface area contributed by atoms with Crippen LogP contribution in [0.3, 0.4) is 0 Å². The second-order valence-electron chi connectivity index (χ2n) is 5.09. The number of phenolic OH excluding ortho intramolecular Hbond substituents is 1. The lowest BCUT2D eigenvalue weighted by Crippen LogP contribution is -2.34. The molecule has 2 atom stereocenters. The molecule has 0 aliphatic heterocycles. The number of esters is 2. The molecule has 1 aromatic carbocycles. The van der Waals surface area contributed by atoms with Gasteiger partial charge in [0.15, 0.2) is 0 Å². The number of carbonyl (C=O) groups excluding carboxylic acids is 2. The SMILES string of the molecule is O=C(OC(=O)C1CCCCC1C(=O)O)c1ccc(O)cc1. The van der Waals surface area contributed by atoms with Gasteiger partial charge in [-0.1, -0.05) is 12.8 Å². The number of aromatic hydroxyl groups is 1. The van der Waals surface area contributed by atoms with Gasteiger partial charge in [-0.2, -0.15) is 0 Å². The van der Waals surface area contributed by atoms with Gasteiger partial charge in [0.25, 0.3) is 0 Å². The van der Waals surface area contributed by atoms with Crippen LogP contribution >= 0.6 is 0 Å². The molecule has 2 N–H and O–H groups in total. The predicted octanol–water partition coefficient (Wildman–Crippen LogP) is 1.97. The third kappa shape index (κ3) is 3.59. The van der Waals surface area contributed by atoms with Crippen molar-refractivity contribution < 1.29 is 29.3 Å². The number of benzene rings is 1. The number of hydrogen-bond acceptors (Lipinski definition) is 5. The molecule has 2 unspecified atom stereocenters. The maximum atomic E-state index is 12.0. The lowest BCUT2D eigenvalue weighted by atomic mass is 9.79. The van der Waals surface area contributed by atoms with Crippen molar-refractivity contribution in [2.75, 3.05) is 0 Å². The van der Waals surface area contributed by atoms with Gasteiger partial charge in [0.1, 0.15) is 5.75 Å². The molecule has 112 valence electrons. The van der Waals surface area contributed by atoms with E-state index in [1.54, 1.807) is 0 Å². The molecular weight excluding hydrogens is 276 g/mol. The molecule has 0 saturated heterocycles. The second-order valence-corrected chi connectivity index (χ2v) is 5.09. The quantitative estimate of drug-likeness (QED) is 0.652. The predicted molar refractivity (Wildman–Crippen MR) is 71.6 cm³/mol. The molecular formula is C15H16O6. The molecule has 1 aromatic rings. The summed E-state index contributed by atoms with van der Waals surface area (Å²) >= 11 is 0. The standard InChI is InChI=1S/C15H16O6/c16-10-7-5-9(6-8-10)14(19)21-15(20)12-4-2-1-3-11(12)13(17)18/h5-8,11-12,16H,1-4H2,(H,17,18). The summed E-state index contributed by atoms with van der Waals surface area (Å²) in [6, 6.07) is 5.28. The van der Waals surface area contributed by atoms with E-state index in [2.05, 4.69) is 0 Å². The number of rotatable bonds is 3. The average molecular weight is 292 g/mol. The van der Waals surface area contributed by atoms with Gasteiger partial charge < -0.3 is 14.9 Å². The van der Waals surface area contributed by atoms with E-state index in [-0.39, 0.29) is 11.3 Å². The van der Waals surface area contributed by atoms with Crippen LogP contribution in [-0.4, -0.2) is 28.1 Å². The molecule has 1 fully saturated rings. The third-order valence-electron chi connectivity index (χ3n) is 3.68. The Hall–Kier alpha value is -2.37. The molecule has 0 aromatic heterocycles. The highest BCUT2D eigenvalue weighted by molar-refractivity contribution is 5.98. The molecule has 0 spiro atoms.